The molecular weight excluding hydrogens is 208 g/mol. The first kappa shape index (κ1) is 10.5. The van der Waals surface area contributed by atoms with Crippen molar-refractivity contribution in [2.75, 3.05) is 11.2 Å². The number of carbonyl (C=O) groups is 1. The summed E-state index contributed by atoms with van der Waals surface area (Å²) in [7, 11) is 0. The molecule has 72 valence electrons. The number of amides is 1. The lowest BCUT2D eigenvalue weighted by atomic mass is 9.95. The number of hydrogen-bond donors (Lipinski definition) is 1. The number of aromatic nitrogens is 1. The molecule has 1 heterocycles. The standard InChI is InChI=1S/C8H11ClN2OS/c1-8(2,5-9)6(12)11-7-10-3-4-13-7/h3-4H,5H2,1-2H3,(H,10,11,12). The first-order chi connectivity index (χ1) is 6.06. The van der Waals surface area contributed by atoms with Gasteiger partial charge in [0.25, 0.3) is 0 Å². The second kappa shape index (κ2) is 4.07. The molecule has 0 aliphatic rings. The van der Waals surface area contributed by atoms with E-state index in [-0.39, 0.29) is 5.91 Å². The minimum atomic E-state index is -0.548. The minimum absolute atomic E-state index is 0.0996. The molecule has 0 aromatic carbocycles. The normalized spacial score (nSPS) is 11.3. The van der Waals surface area contributed by atoms with E-state index >= 15 is 0 Å². The summed E-state index contributed by atoms with van der Waals surface area (Å²) in [5.41, 5.74) is -0.548. The van der Waals surface area contributed by atoms with Gasteiger partial charge < -0.3 is 5.32 Å². The number of alkyl halides is 1. The van der Waals surface area contributed by atoms with Crippen molar-refractivity contribution in [2.45, 2.75) is 13.8 Å². The molecule has 3 nitrogen and oxygen atoms in total. The molecule has 1 aromatic rings. The van der Waals surface area contributed by atoms with Crippen molar-refractivity contribution in [1.29, 1.82) is 0 Å². The molecule has 1 amide bonds. The first-order valence-corrected chi connectivity index (χ1v) is 5.24. The van der Waals surface area contributed by atoms with Crippen LogP contribution in [0.5, 0.6) is 0 Å². The van der Waals surface area contributed by atoms with E-state index < -0.39 is 5.41 Å². The Bertz CT molecular complexity index is 284. The highest BCUT2D eigenvalue weighted by molar-refractivity contribution is 7.13. The van der Waals surface area contributed by atoms with Gasteiger partial charge in [-0.3, -0.25) is 4.79 Å². The van der Waals surface area contributed by atoms with E-state index in [2.05, 4.69) is 10.3 Å². The quantitative estimate of drug-likeness (QED) is 0.792. The number of thiazole rings is 1. The van der Waals surface area contributed by atoms with Crippen molar-refractivity contribution in [3.05, 3.63) is 11.6 Å². The van der Waals surface area contributed by atoms with Crippen molar-refractivity contribution >= 4 is 34.0 Å². The molecule has 0 aliphatic carbocycles. The Kier molecular flexibility index (Phi) is 3.27. The number of halogens is 1. The molecule has 13 heavy (non-hydrogen) atoms. The fourth-order valence-corrected chi connectivity index (χ4v) is 1.26. The Hall–Kier alpha value is -0.610. The zero-order chi connectivity index (χ0) is 9.90. The topological polar surface area (TPSA) is 42.0 Å². The van der Waals surface area contributed by atoms with Crippen LogP contribution in [0.4, 0.5) is 5.13 Å². The number of hydrogen-bond acceptors (Lipinski definition) is 3. The van der Waals surface area contributed by atoms with Crippen LogP contribution < -0.4 is 5.32 Å². The Labute approximate surface area is 86.1 Å². The summed E-state index contributed by atoms with van der Waals surface area (Å²) < 4.78 is 0. The van der Waals surface area contributed by atoms with Crippen molar-refractivity contribution in [2.24, 2.45) is 5.41 Å². The van der Waals surface area contributed by atoms with Crippen molar-refractivity contribution in [3.63, 3.8) is 0 Å². The van der Waals surface area contributed by atoms with Gasteiger partial charge in [-0.25, -0.2) is 4.98 Å². The number of nitrogens with one attached hydrogen (secondary N) is 1. The molecule has 1 rings (SSSR count). The summed E-state index contributed by atoms with van der Waals surface area (Å²) in [5, 5.41) is 5.12. The molecule has 1 N–H and O–H groups in total. The molecule has 5 heteroatoms. The fourth-order valence-electron chi connectivity index (χ4n) is 0.612. The highest BCUT2D eigenvalue weighted by Crippen LogP contribution is 2.20. The molecule has 0 bridgehead atoms. The molecule has 0 aliphatic heterocycles. The van der Waals surface area contributed by atoms with Crippen LogP contribution >= 0.6 is 22.9 Å². The van der Waals surface area contributed by atoms with Crippen molar-refractivity contribution < 1.29 is 4.79 Å². The molecule has 1 aromatic heterocycles. The maximum atomic E-state index is 11.5. The Morgan fingerprint density at radius 1 is 1.77 bits per heavy atom. The van der Waals surface area contributed by atoms with Crippen LogP contribution in [-0.2, 0) is 4.79 Å². The summed E-state index contributed by atoms with van der Waals surface area (Å²) in [5.74, 6) is 0.196. The van der Waals surface area contributed by atoms with Gasteiger partial charge in [-0.15, -0.1) is 22.9 Å². The van der Waals surface area contributed by atoms with Gasteiger partial charge >= 0.3 is 0 Å². The summed E-state index contributed by atoms with van der Waals surface area (Å²) in [4.78, 5) is 15.5. The molecule has 0 saturated heterocycles. The lowest BCUT2D eigenvalue weighted by molar-refractivity contribution is -0.122. The largest absolute Gasteiger partial charge is 0.301 e. The van der Waals surface area contributed by atoms with E-state index in [0.717, 1.165) is 0 Å². The molecule has 0 fully saturated rings. The van der Waals surface area contributed by atoms with Gasteiger partial charge in [0.1, 0.15) is 0 Å². The minimum Gasteiger partial charge on any atom is -0.301 e. The number of rotatable bonds is 3. The van der Waals surface area contributed by atoms with Crippen LogP contribution in [0.15, 0.2) is 11.6 Å². The van der Waals surface area contributed by atoms with Crippen LogP contribution in [0.1, 0.15) is 13.8 Å². The van der Waals surface area contributed by atoms with E-state index in [0.29, 0.717) is 11.0 Å². The maximum Gasteiger partial charge on any atom is 0.233 e. The lowest BCUT2D eigenvalue weighted by Gasteiger charge is -2.18. The molecular formula is C8H11ClN2OS. The Balaban J connectivity index is 2.61. The van der Waals surface area contributed by atoms with Crippen molar-refractivity contribution in [1.82, 2.24) is 4.98 Å². The molecule has 0 atom stereocenters. The highest BCUT2D eigenvalue weighted by Gasteiger charge is 2.26. The Morgan fingerprint density at radius 3 is 2.92 bits per heavy atom. The SMILES string of the molecule is CC(C)(CCl)C(=O)Nc1nccs1. The van der Waals surface area contributed by atoms with E-state index in [9.17, 15) is 4.79 Å². The van der Waals surface area contributed by atoms with Crippen LogP contribution in [-0.4, -0.2) is 16.8 Å². The van der Waals surface area contributed by atoms with Crippen LogP contribution in [0.2, 0.25) is 0 Å². The van der Waals surface area contributed by atoms with E-state index in [1.165, 1.54) is 11.3 Å². The second-order valence-corrected chi connectivity index (χ2v) is 4.47. The van der Waals surface area contributed by atoms with E-state index in [1.807, 2.05) is 5.38 Å². The van der Waals surface area contributed by atoms with Crippen LogP contribution in [0.3, 0.4) is 0 Å². The lowest BCUT2D eigenvalue weighted by Crippen LogP contribution is -2.32. The predicted octanol–water partition coefficient (Wildman–Crippen LogP) is 2.35. The molecule has 0 saturated carbocycles. The number of carbonyl (C=O) groups excluding carboxylic acids is 1. The van der Waals surface area contributed by atoms with Crippen molar-refractivity contribution in [3.8, 4) is 0 Å². The molecule has 0 radical (unpaired) electrons. The highest BCUT2D eigenvalue weighted by atomic mass is 35.5. The van der Waals surface area contributed by atoms with Gasteiger partial charge in [-0.1, -0.05) is 0 Å². The predicted molar refractivity (Wildman–Crippen MR) is 55.2 cm³/mol. The number of nitrogens with zero attached hydrogens (tertiary/aromatic N) is 1. The zero-order valence-corrected chi connectivity index (χ0v) is 9.08. The number of anilines is 1. The van der Waals surface area contributed by atoms with Gasteiger partial charge in [-0.05, 0) is 13.8 Å². The summed E-state index contributed by atoms with van der Waals surface area (Å²) in [6.07, 6.45) is 1.65. The average Bonchev–Trinajstić information content (AvgIpc) is 2.57. The Morgan fingerprint density at radius 2 is 2.46 bits per heavy atom. The molecule has 0 spiro atoms. The van der Waals surface area contributed by atoms with Crippen LogP contribution in [0.25, 0.3) is 0 Å². The maximum absolute atomic E-state index is 11.5. The van der Waals surface area contributed by atoms with Gasteiger partial charge in [0, 0.05) is 17.5 Å². The third-order valence-corrected chi connectivity index (χ3v) is 2.96. The third-order valence-electron chi connectivity index (χ3n) is 1.60. The third kappa shape index (κ3) is 2.67. The molecule has 0 unspecified atom stereocenters. The van der Waals surface area contributed by atoms with Gasteiger partial charge in [0.2, 0.25) is 5.91 Å². The second-order valence-electron chi connectivity index (χ2n) is 3.31. The average molecular weight is 219 g/mol. The van der Waals surface area contributed by atoms with Gasteiger partial charge in [0.15, 0.2) is 5.13 Å². The van der Waals surface area contributed by atoms with Crippen LogP contribution in [0, 0.1) is 5.41 Å². The summed E-state index contributed by atoms with van der Waals surface area (Å²) in [6.45, 7) is 3.59. The summed E-state index contributed by atoms with van der Waals surface area (Å²) in [6, 6.07) is 0. The van der Waals surface area contributed by atoms with E-state index in [1.54, 1.807) is 20.0 Å². The van der Waals surface area contributed by atoms with Gasteiger partial charge in [0.05, 0.1) is 5.41 Å². The smallest absolute Gasteiger partial charge is 0.233 e. The monoisotopic (exact) mass is 218 g/mol. The summed E-state index contributed by atoms with van der Waals surface area (Å²) >= 11 is 7.04. The van der Waals surface area contributed by atoms with Gasteiger partial charge in [-0.2, -0.15) is 0 Å². The fraction of sp³-hybridized carbons (Fsp3) is 0.500. The van der Waals surface area contributed by atoms with E-state index in [4.69, 9.17) is 11.6 Å². The first-order valence-electron chi connectivity index (χ1n) is 3.83. The zero-order valence-electron chi connectivity index (χ0n) is 7.50.